The molecule has 25 heavy (non-hydrogen) atoms. The number of rotatable bonds is 5. The van der Waals surface area contributed by atoms with Crippen molar-refractivity contribution >= 4 is 27.4 Å². The Morgan fingerprint density at radius 1 is 1.28 bits per heavy atom. The highest BCUT2D eigenvalue weighted by Crippen LogP contribution is 2.32. The van der Waals surface area contributed by atoms with E-state index in [4.69, 9.17) is 4.74 Å². The van der Waals surface area contributed by atoms with Crippen LogP contribution in [-0.4, -0.2) is 39.6 Å². The highest BCUT2D eigenvalue weighted by atomic mass is 32.1. The first kappa shape index (κ1) is 16.2. The summed E-state index contributed by atoms with van der Waals surface area (Å²) in [6, 6.07) is 2.25. The molecule has 0 aliphatic carbocycles. The van der Waals surface area contributed by atoms with Crippen molar-refractivity contribution in [3.8, 4) is 5.88 Å². The van der Waals surface area contributed by atoms with Gasteiger partial charge in [0.15, 0.2) is 0 Å². The molecule has 7 heteroatoms. The lowest BCUT2D eigenvalue weighted by Gasteiger charge is -2.33. The van der Waals surface area contributed by atoms with Crippen molar-refractivity contribution in [2.24, 2.45) is 5.92 Å². The van der Waals surface area contributed by atoms with Crippen molar-refractivity contribution in [1.29, 1.82) is 0 Å². The molecule has 4 heterocycles. The van der Waals surface area contributed by atoms with Crippen molar-refractivity contribution in [1.82, 2.24) is 19.9 Å². The monoisotopic (exact) mass is 355 g/mol. The van der Waals surface area contributed by atoms with Crippen LogP contribution in [0.3, 0.4) is 0 Å². The average Bonchev–Trinajstić information content (AvgIpc) is 3.11. The molecule has 3 aromatic heterocycles. The van der Waals surface area contributed by atoms with Gasteiger partial charge in [0.05, 0.1) is 18.2 Å². The van der Waals surface area contributed by atoms with Gasteiger partial charge in [0, 0.05) is 36.3 Å². The third-order valence-corrected chi connectivity index (χ3v) is 5.72. The minimum Gasteiger partial charge on any atom is -0.476 e. The molecule has 4 rings (SSSR count). The van der Waals surface area contributed by atoms with E-state index < -0.39 is 0 Å². The van der Waals surface area contributed by atoms with Crippen molar-refractivity contribution in [3.63, 3.8) is 0 Å². The quantitative estimate of drug-likeness (QED) is 0.699. The van der Waals surface area contributed by atoms with E-state index in [1.165, 1.54) is 10.3 Å². The Labute approximate surface area is 150 Å². The molecule has 1 atom stereocenters. The Balaban J connectivity index is 1.48. The molecule has 0 N–H and O–H groups in total. The zero-order valence-electron chi connectivity index (χ0n) is 14.3. The third kappa shape index (κ3) is 3.56. The molecule has 1 fully saturated rings. The van der Waals surface area contributed by atoms with Gasteiger partial charge in [-0.25, -0.2) is 15.0 Å². The van der Waals surface area contributed by atoms with Crippen LogP contribution in [0, 0.1) is 5.92 Å². The number of nitrogens with zero attached hydrogens (tertiary/aromatic N) is 5. The molecule has 0 aromatic carbocycles. The first-order chi connectivity index (χ1) is 12.3. The standard InChI is InChI=1S/C18H21N5OS/c1-2-14-8-15-17(21-12-22-18(15)25-14)23-7-3-4-13(10-23)11-24-16-9-19-5-6-20-16/h5-6,8-9,12-13H,2-4,7,10-11H2,1H3. The number of aryl methyl sites for hydroxylation is 1. The van der Waals surface area contributed by atoms with Gasteiger partial charge in [0.25, 0.3) is 0 Å². The fraction of sp³-hybridized carbons (Fsp3) is 0.444. The van der Waals surface area contributed by atoms with Gasteiger partial charge in [-0.05, 0) is 25.3 Å². The number of ether oxygens (including phenoxy) is 1. The van der Waals surface area contributed by atoms with E-state index in [9.17, 15) is 0 Å². The van der Waals surface area contributed by atoms with Gasteiger partial charge in [-0.2, -0.15) is 0 Å². The van der Waals surface area contributed by atoms with Gasteiger partial charge in [0.2, 0.25) is 5.88 Å². The first-order valence-corrected chi connectivity index (χ1v) is 9.52. The Morgan fingerprint density at radius 3 is 3.08 bits per heavy atom. The van der Waals surface area contributed by atoms with Gasteiger partial charge in [-0.15, -0.1) is 11.3 Å². The van der Waals surface area contributed by atoms with Gasteiger partial charge in [0.1, 0.15) is 17.0 Å². The lowest BCUT2D eigenvalue weighted by Crippen LogP contribution is -2.38. The Kier molecular flexibility index (Phi) is 4.74. The second-order valence-corrected chi connectivity index (χ2v) is 7.41. The Morgan fingerprint density at radius 2 is 2.24 bits per heavy atom. The number of thiophene rings is 1. The number of hydrogen-bond acceptors (Lipinski definition) is 7. The zero-order chi connectivity index (χ0) is 17.1. The third-order valence-electron chi connectivity index (χ3n) is 4.53. The van der Waals surface area contributed by atoms with E-state index in [1.54, 1.807) is 36.3 Å². The molecule has 130 valence electrons. The Hall–Kier alpha value is -2.28. The van der Waals surface area contributed by atoms with E-state index in [0.717, 1.165) is 43.0 Å². The molecular formula is C18H21N5OS. The van der Waals surface area contributed by atoms with Gasteiger partial charge >= 0.3 is 0 Å². The summed E-state index contributed by atoms with van der Waals surface area (Å²) in [5.41, 5.74) is 0. The zero-order valence-corrected chi connectivity index (χ0v) is 15.1. The van der Waals surface area contributed by atoms with E-state index in [-0.39, 0.29) is 0 Å². The van der Waals surface area contributed by atoms with Gasteiger partial charge < -0.3 is 9.64 Å². The maximum atomic E-state index is 5.81. The summed E-state index contributed by atoms with van der Waals surface area (Å²) in [5, 5.41) is 1.18. The Bertz CT molecular complexity index is 838. The van der Waals surface area contributed by atoms with E-state index >= 15 is 0 Å². The van der Waals surface area contributed by atoms with Gasteiger partial charge in [-0.3, -0.25) is 4.98 Å². The predicted molar refractivity (Wildman–Crippen MR) is 99.3 cm³/mol. The van der Waals surface area contributed by atoms with Gasteiger partial charge in [-0.1, -0.05) is 6.92 Å². The molecular weight excluding hydrogens is 334 g/mol. The minimum absolute atomic E-state index is 0.463. The van der Waals surface area contributed by atoms with E-state index in [0.29, 0.717) is 18.4 Å². The molecule has 3 aromatic rings. The molecule has 1 saturated heterocycles. The van der Waals surface area contributed by atoms with Crippen LogP contribution in [0.1, 0.15) is 24.6 Å². The van der Waals surface area contributed by atoms with Crippen LogP contribution in [0.4, 0.5) is 5.82 Å². The highest BCUT2D eigenvalue weighted by Gasteiger charge is 2.23. The molecule has 1 aliphatic heterocycles. The van der Waals surface area contributed by atoms with E-state index in [1.807, 2.05) is 0 Å². The van der Waals surface area contributed by atoms with Crippen molar-refractivity contribution < 1.29 is 4.74 Å². The SMILES string of the molecule is CCc1cc2c(N3CCCC(COc4cnccn4)C3)ncnc2s1. The number of anilines is 1. The lowest BCUT2D eigenvalue weighted by atomic mass is 9.99. The summed E-state index contributed by atoms with van der Waals surface area (Å²) in [4.78, 5) is 22.1. The maximum absolute atomic E-state index is 5.81. The van der Waals surface area contributed by atoms with E-state index in [2.05, 4.69) is 37.8 Å². The number of hydrogen-bond donors (Lipinski definition) is 0. The van der Waals surface area contributed by atoms with Crippen molar-refractivity contribution in [2.45, 2.75) is 26.2 Å². The summed E-state index contributed by atoms with van der Waals surface area (Å²) < 4.78 is 5.81. The van der Waals surface area contributed by atoms with Crippen molar-refractivity contribution in [2.75, 3.05) is 24.6 Å². The summed E-state index contributed by atoms with van der Waals surface area (Å²) in [6.45, 7) is 4.82. The fourth-order valence-corrected chi connectivity index (χ4v) is 4.21. The molecule has 0 saturated carbocycles. The summed E-state index contributed by atoms with van der Waals surface area (Å²) in [5.74, 6) is 2.12. The molecule has 6 nitrogen and oxygen atoms in total. The summed E-state index contributed by atoms with van der Waals surface area (Å²) >= 11 is 1.77. The van der Waals surface area contributed by atoms with Crippen molar-refractivity contribution in [3.05, 3.63) is 35.9 Å². The number of fused-ring (bicyclic) bond motifs is 1. The van der Waals surface area contributed by atoms with Crippen LogP contribution >= 0.6 is 11.3 Å². The topological polar surface area (TPSA) is 64.0 Å². The molecule has 1 aliphatic rings. The van der Waals surface area contributed by atoms with Crippen LogP contribution < -0.4 is 9.64 Å². The number of aromatic nitrogens is 4. The molecule has 0 bridgehead atoms. The molecule has 0 radical (unpaired) electrons. The number of piperidine rings is 1. The molecule has 0 spiro atoms. The second-order valence-electron chi connectivity index (χ2n) is 6.29. The summed E-state index contributed by atoms with van der Waals surface area (Å²) in [6.07, 6.45) is 10.00. The summed E-state index contributed by atoms with van der Waals surface area (Å²) in [7, 11) is 0. The van der Waals surface area contributed by atoms with Crippen LogP contribution in [-0.2, 0) is 6.42 Å². The average molecular weight is 355 g/mol. The largest absolute Gasteiger partial charge is 0.476 e. The smallest absolute Gasteiger partial charge is 0.232 e. The highest BCUT2D eigenvalue weighted by molar-refractivity contribution is 7.18. The van der Waals surface area contributed by atoms with Crippen LogP contribution in [0.25, 0.3) is 10.2 Å². The maximum Gasteiger partial charge on any atom is 0.232 e. The minimum atomic E-state index is 0.463. The first-order valence-electron chi connectivity index (χ1n) is 8.70. The second kappa shape index (κ2) is 7.31. The van der Waals surface area contributed by atoms with Crippen LogP contribution in [0.2, 0.25) is 0 Å². The van der Waals surface area contributed by atoms with Crippen LogP contribution in [0.5, 0.6) is 5.88 Å². The predicted octanol–water partition coefficient (Wildman–Crippen LogP) is 3.34. The fourth-order valence-electron chi connectivity index (χ4n) is 3.28. The lowest BCUT2D eigenvalue weighted by molar-refractivity contribution is 0.221. The molecule has 0 amide bonds. The van der Waals surface area contributed by atoms with Crippen LogP contribution in [0.15, 0.2) is 31.0 Å². The molecule has 1 unspecified atom stereocenters. The normalized spacial score (nSPS) is 17.8.